The maximum atomic E-state index is 13.7. The minimum Gasteiger partial charge on any atom is -0.383 e. The van der Waals surface area contributed by atoms with E-state index in [1.807, 2.05) is 41.3 Å². The number of carbonyl (C=O) groups is 2. The number of ether oxygens (including phenoxy) is 1. The first-order valence-corrected chi connectivity index (χ1v) is 11.3. The van der Waals surface area contributed by atoms with Gasteiger partial charge in [-0.25, -0.2) is 10.5 Å². The number of carbonyl (C=O) groups excluding carboxylic acids is 2. The van der Waals surface area contributed by atoms with E-state index in [2.05, 4.69) is 4.57 Å². The molecule has 1 spiro atoms. The third-order valence-corrected chi connectivity index (χ3v) is 7.16. The lowest BCUT2D eigenvalue weighted by molar-refractivity contribution is -0.137. The molecule has 2 aromatic carbocycles. The smallest absolute Gasteiger partial charge is 0.274 e. The van der Waals surface area contributed by atoms with E-state index in [0.29, 0.717) is 38.2 Å². The van der Waals surface area contributed by atoms with Crippen LogP contribution in [0.4, 0.5) is 0 Å². The molecule has 1 aliphatic carbocycles. The zero-order valence-electron chi connectivity index (χ0n) is 18.7. The molecule has 2 amide bonds. The molecule has 33 heavy (non-hydrogen) atoms. The molecule has 0 saturated carbocycles. The number of hydrogen-bond donors (Lipinski definition) is 2. The Kier molecular flexibility index (Phi) is 5.64. The Morgan fingerprint density at radius 2 is 2.06 bits per heavy atom. The first-order valence-electron chi connectivity index (χ1n) is 11.3. The van der Waals surface area contributed by atoms with E-state index >= 15 is 0 Å². The molecule has 172 valence electrons. The summed E-state index contributed by atoms with van der Waals surface area (Å²) in [6.45, 7) is 2.42. The molecule has 1 saturated heterocycles. The van der Waals surface area contributed by atoms with Crippen LogP contribution < -0.4 is 5.48 Å². The first kappa shape index (κ1) is 21.6. The van der Waals surface area contributed by atoms with Gasteiger partial charge in [-0.1, -0.05) is 18.2 Å². The summed E-state index contributed by atoms with van der Waals surface area (Å²) in [5, 5.41) is 8.97. The van der Waals surface area contributed by atoms with Crippen molar-refractivity contribution in [3.63, 3.8) is 0 Å². The van der Waals surface area contributed by atoms with Gasteiger partial charge in [0.05, 0.1) is 29.6 Å². The zero-order valence-corrected chi connectivity index (χ0v) is 18.7. The number of methoxy groups -OCH3 is 1. The number of hydrogen-bond acceptors (Lipinski definition) is 5. The molecular weight excluding hydrogens is 420 g/mol. The van der Waals surface area contributed by atoms with Gasteiger partial charge in [0.25, 0.3) is 5.91 Å². The van der Waals surface area contributed by atoms with E-state index in [-0.39, 0.29) is 5.91 Å². The largest absolute Gasteiger partial charge is 0.383 e. The van der Waals surface area contributed by atoms with Gasteiger partial charge in [-0.2, -0.15) is 0 Å². The quantitative estimate of drug-likeness (QED) is 0.447. The SMILES string of the molecule is COCCn1c(CN2CC[C@]3(CCc4ccc(C(=O)NO)cc4C3)C2=O)nc2ccccc21. The number of aromatic nitrogens is 2. The third-order valence-electron chi connectivity index (χ3n) is 7.16. The Balaban J connectivity index is 1.39. The lowest BCUT2D eigenvalue weighted by atomic mass is 9.70. The van der Waals surface area contributed by atoms with Gasteiger partial charge in [0.15, 0.2) is 0 Å². The molecule has 1 aliphatic heterocycles. The second-order valence-electron chi connectivity index (χ2n) is 9.02. The fourth-order valence-electron chi connectivity index (χ4n) is 5.36. The number of nitrogens with one attached hydrogen (secondary N) is 1. The second-order valence-corrected chi connectivity index (χ2v) is 9.02. The normalized spacial score (nSPS) is 19.9. The Morgan fingerprint density at radius 3 is 2.88 bits per heavy atom. The van der Waals surface area contributed by atoms with Gasteiger partial charge < -0.3 is 14.2 Å². The van der Waals surface area contributed by atoms with Gasteiger partial charge in [-0.3, -0.25) is 14.8 Å². The fourth-order valence-corrected chi connectivity index (χ4v) is 5.36. The number of aryl methyl sites for hydroxylation is 1. The highest BCUT2D eigenvalue weighted by Gasteiger charge is 2.48. The molecule has 0 unspecified atom stereocenters. The average molecular weight is 449 g/mol. The predicted octanol–water partition coefficient (Wildman–Crippen LogP) is 2.71. The Hall–Kier alpha value is -3.23. The molecule has 8 heteroatoms. The molecule has 2 N–H and O–H groups in total. The van der Waals surface area contributed by atoms with Crippen LogP contribution in [0.2, 0.25) is 0 Å². The van der Waals surface area contributed by atoms with Crippen molar-refractivity contribution in [2.45, 2.75) is 38.8 Å². The molecule has 0 radical (unpaired) electrons. The van der Waals surface area contributed by atoms with Gasteiger partial charge in [0.2, 0.25) is 5.91 Å². The standard InChI is InChI=1S/C25H28N4O4/c1-33-13-12-29-21-5-3-2-4-20(21)26-22(29)16-28-11-10-25(24(28)31)9-8-17-6-7-18(23(30)27-32)14-19(17)15-25/h2-7,14,32H,8-13,15-16H2,1H3,(H,27,30)/t25-/m0/s1. The van der Waals surface area contributed by atoms with Crippen molar-refractivity contribution in [1.82, 2.24) is 19.9 Å². The van der Waals surface area contributed by atoms with Crippen molar-refractivity contribution in [1.29, 1.82) is 0 Å². The minimum absolute atomic E-state index is 0.163. The summed E-state index contributed by atoms with van der Waals surface area (Å²) in [7, 11) is 1.68. The molecule has 1 atom stereocenters. The van der Waals surface area contributed by atoms with Crippen LogP contribution in [-0.2, 0) is 35.5 Å². The molecular formula is C25H28N4O4. The highest BCUT2D eigenvalue weighted by Crippen LogP contribution is 2.44. The molecule has 8 nitrogen and oxygen atoms in total. The maximum Gasteiger partial charge on any atom is 0.274 e. The number of benzene rings is 2. The first-order chi connectivity index (χ1) is 16.0. The van der Waals surface area contributed by atoms with Crippen molar-refractivity contribution >= 4 is 22.8 Å². The number of imidazole rings is 1. The molecule has 1 aromatic heterocycles. The predicted molar refractivity (Wildman–Crippen MR) is 122 cm³/mol. The number of rotatable bonds is 6. The summed E-state index contributed by atoms with van der Waals surface area (Å²) in [5.41, 5.74) is 5.81. The number of amides is 2. The van der Waals surface area contributed by atoms with E-state index in [9.17, 15) is 9.59 Å². The topological polar surface area (TPSA) is 96.7 Å². The van der Waals surface area contributed by atoms with Crippen molar-refractivity contribution < 1.29 is 19.5 Å². The van der Waals surface area contributed by atoms with Crippen molar-refractivity contribution in [3.05, 3.63) is 65.0 Å². The molecule has 2 heterocycles. The molecule has 3 aromatic rings. The van der Waals surface area contributed by atoms with Crippen molar-refractivity contribution in [2.75, 3.05) is 20.3 Å². The van der Waals surface area contributed by atoms with Crippen molar-refractivity contribution in [3.8, 4) is 0 Å². The summed E-state index contributed by atoms with van der Waals surface area (Å²) in [6, 6.07) is 13.5. The van der Waals surface area contributed by atoms with Gasteiger partial charge in [0.1, 0.15) is 5.82 Å². The van der Waals surface area contributed by atoms with Gasteiger partial charge in [-0.15, -0.1) is 0 Å². The van der Waals surface area contributed by atoms with E-state index in [1.54, 1.807) is 18.7 Å². The maximum absolute atomic E-state index is 13.7. The second kappa shape index (κ2) is 8.61. The summed E-state index contributed by atoms with van der Waals surface area (Å²) >= 11 is 0. The molecule has 0 bridgehead atoms. The summed E-state index contributed by atoms with van der Waals surface area (Å²) < 4.78 is 7.44. The van der Waals surface area contributed by atoms with Gasteiger partial charge in [0, 0.05) is 25.8 Å². The third kappa shape index (κ3) is 3.79. The number of fused-ring (bicyclic) bond motifs is 2. The van der Waals surface area contributed by atoms with Gasteiger partial charge >= 0.3 is 0 Å². The van der Waals surface area contributed by atoms with Crippen LogP contribution in [0.3, 0.4) is 0 Å². The lowest BCUT2D eigenvalue weighted by Gasteiger charge is -2.33. The van der Waals surface area contributed by atoms with Crippen LogP contribution in [-0.4, -0.2) is 51.7 Å². The van der Waals surface area contributed by atoms with Crippen LogP contribution >= 0.6 is 0 Å². The number of likely N-dealkylation sites (tertiary alicyclic amines) is 1. The van der Waals surface area contributed by atoms with Crippen LogP contribution in [0.25, 0.3) is 11.0 Å². The highest BCUT2D eigenvalue weighted by atomic mass is 16.5. The van der Waals surface area contributed by atoms with Crippen molar-refractivity contribution in [2.24, 2.45) is 5.41 Å². The van der Waals surface area contributed by atoms with E-state index in [4.69, 9.17) is 14.9 Å². The number of nitrogens with zero attached hydrogens (tertiary/aromatic N) is 3. The number of para-hydroxylation sites is 2. The van der Waals surface area contributed by atoms with E-state index in [1.165, 1.54) is 5.56 Å². The summed E-state index contributed by atoms with van der Waals surface area (Å²) in [6.07, 6.45) is 3.02. The average Bonchev–Trinajstić information content (AvgIpc) is 3.34. The van der Waals surface area contributed by atoms with Crippen LogP contribution in [0, 0.1) is 5.41 Å². The lowest BCUT2D eigenvalue weighted by Crippen LogP contribution is -2.39. The summed E-state index contributed by atoms with van der Waals surface area (Å²) in [5.74, 6) is 0.499. The molecule has 1 fully saturated rings. The Morgan fingerprint density at radius 1 is 1.21 bits per heavy atom. The molecule has 5 rings (SSSR count). The minimum atomic E-state index is -0.535. The van der Waals surface area contributed by atoms with Crippen LogP contribution in [0.1, 0.15) is 40.2 Å². The zero-order chi connectivity index (χ0) is 23.0. The van der Waals surface area contributed by atoms with E-state index < -0.39 is 11.3 Å². The monoisotopic (exact) mass is 448 g/mol. The molecule has 2 aliphatic rings. The number of hydroxylamine groups is 1. The summed E-state index contributed by atoms with van der Waals surface area (Å²) in [4.78, 5) is 32.3. The highest BCUT2D eigenvalue weighted by molar-refractivity contribution is 5.93. The Bertz CT molecular complexity index is 1220. The Labute approximate surface area is 192 Å². The fraction of sp³-hybridized carbons (Fsp3) is 0.400. The van der Waals surface area contributed by atoms with Crippen LogP contribution in [0.15, 0.2) is 42.5 Å². The van der Waals surface area contributed by atoms with Crippen LogP contribution in [0.5, 0.6) is 0 Å². The van der Waals surface area contributed by atoms with E-state index in [0.717, 1.165) is 41.7 Å². The van der Waals surface area contributed by atoms with Gasteiger partial charge in [-0.05, 0) is 61.1 Å².